The van der Waals surface area contributed by atoms with Crippen LogP contribution in [0.3, 0.4) is 0 Å². The molecule has 1 aromatic carbocycles. The van der Waals surface area contributed by atoms with Crippen LogP contribution in [0.5, 0.6) is 0 Å². The van der Waals surface area contributed by atoms with E-state index in [1.807, 2.05) is 18.2 Å². The van der Waals surface area contributed by atoms with Gasteiger partial charge in [0.05, 0.1) is 19.7 Å². The maximum Gasteiger partial charge on any atom is 0.225 e. The summed E-state index contributed by atoms with van der Waals surface area (Å²) in [5, 5.41) is 13.0. The molecule has 0 bridgehead atoms. The summed E-state index contributed by atoms with van der Waals surface area (Å²) in [5.41, 5.74) is 2.69. The lowest BCUT2D eigenvalue weighted by molar-refractivity contribution is 0.311. The van der Waals surface area contributed by atoms with Crippen LogP contribution in [0.1, 0.15) is 5.56 Å². The van der Waals surface area contributed by atoms with Crippen molar-refractivity contribution >= 4 is 45.7 Å². The number of anilines is 2. The molecule has 0 unspecified atom stereocenters. The molecule has 30 heavy (non-hydrogen) atoms. The second-order valence-electron chi connectivity index (χ2n) is 6.82. The van der Waals surface area contributed by atoms with Crippen LogP contribution in [-0.2, 0) is 17.6 Å². The van der Waals surface area contributed by atoms with Gasteiger partial charge in [0.15, 0.2) is 5.82 Å². The van der Waals surface area contributed by atoms with Crippen molar-refractivity contribution in [2.45, 2.75) is 11.4 Å². The zero-order chi connectivity index (χ0) is 20.8. The molecule has 158 valence electrons. The molecule has 1 aliphatic heterocycles. The fraction of sp³-hybridized carbons (Fsp3) is 0.400. The molecule has 0 spiro atoms. The Kier molecular flexibility index (Phi) is 7.21. The number of aliphatic hydroxyl groups is 1. The highest BCUT2D eigenvalue weighted by molar-refractivity contribution is 7.99. The Morgan fingerprint density at radius 3 is 2.67 bits per heavy atom. The predicted molar refractivity (Wildman–Crippen MR) is 122 cm³/mol. The number of nitrogens with zero attached hydrogens (tertiary/aromatic N) is 5. The average Bonchev–Trinajstić information content (AvgIpc) is 2.79. The molecule has 1 aliphatic rings. The molecule has 0 saturated carbocycles. The lowest BCUT2D eigenvalue weighted by Gasteiger charge is -2.29. The normalized spacial score (nSPS) is 14.9. The van der Waals surface area contributed by atoms with Crippen molar-refractivity contribution in [1.29, 1.82) is 0 Å². The second-order valence-corrected chi connectivity index (χ2v) is 9.60. The number of thioether (sulfide) groups is 1. The highest BCUT2D eigenvalue weighted by Crippen LogP contribution is 2.30. The Hall–Kier alpha value is -2.14. The van der Waals surface area contributed by atoms with Gasteiger partial charge in [-0.2, -0.15) is 4.98 Å². The third-order valence-electron chi connectivity index (χ3n) is 4.77. The van der Waals surface area contributed by atoms with E-state index >= 15 is 0 Å². The van der Waals surface area contributed by atoms with Crippen LogP contribution in [0.25, 0.3) is 11.0 Å². The van der Waals surface area contributed by atoms with Gasteiger partial charge in [0.25, 0.3) is 0 Å². The van der Waals surface area contributed by atoms with Gasteiger partial charge in [0.2, 0.25) is 5.95 Å². The summed E-state index contributed by atoms with van der Waals surface area (Å²) in [6, 6.07) is 10.4. The van der Waals surface area contributed by atoms with Crippen molar-refractivity contribution in [3.05, 3.63) is 42.2 Å². The molecule has 0 aliphatic carbocycles. The van der Waals surface area contributed by atoms with Gasteiger partial charge in [-0.15, -0.1) is 11.8 Å². The summed E-state index contributed by atoms with van der Waals surface area (Å²) in [4.78, 5) is 20.4. The number of aliphatic hydroxyl groups excluding tert-OH is 1. The Bertz CT molecular complexity index is 970. The van der Waals surface area contributed by atoms with Crippen LogP contribution in [0.2, 0.25) is 0 Å². The Morgan fingerprint density at radius 2 is 1.90 bits per heavy atom. The first-order valence-corrected chi connectivity index (χ1v) is 12.4. The van der Waals surface area contributed by atoms with Gasteiger partial charge < -0.3 is 19.9 Å². The smallest absolute Gasteiger partial charge is 0.225 e. The van der Waals surface area contributed by atoms with E-state index in [-0.39, 0.29) is 6.61 Å². The van der Waals surface area contributed by atoms with E-state index in [0.29, 0.717) is 48.1 Å². The molecule has 1 fully saturated rings. The molecule has 2 aromatic heterocycles. The molecular formula is C20H24N6O2S2. The zero-order valence-electron chi connectivity index (χ0n) is 16.5. The van der Waals surface area contributed by atoms with E-state index in [1.165, 1.54) is 5.56 Å². The van der Waals surface area contributed by atoms with Crippen LogP contribution in [0, 0.1) is 0 Å². The average molecular weight is 445 g/mol. The van der Waals surface area contributed by atoms with Crippen LogP contribution < -0.4 is 10.2 Å². The van der Waals surface area contributed by atoms with Crippen molar-refractivity contribution in [2.24, 2.45) is 0 Å². The molecule has 0 amide bonds. The fourth-order valence-electron chi connectivity index (χ4n) is 3.24. The van der Waals surface area contributed by atoms with E-state index < -0.39 is 11.2 Å². The second kappa shape index (κ2) is 10.3. The molecule has 3 aromatic rings. The van der Waals surface area contributed by atoms with Crippen LogP contribution in [0.4, 0.5) is 11.8 Å². The summed E-state index contributed by atoms with van der Waals surface area (Å²) >= 11 is 0.871. The van der Waals surface area contributed by atoms with Crippen LogP contribution in [-0.4, -0.2) is 73.1 Å². The van der Waals surface area contributed by atoms with Gasteiger partial charge in [0, 0.05) is 12.3 Å². The first kappa shape index (κ1) is 21.1. The molecule has 1 saturated heterocycles. The number of nitrogens with one attached hydrogen (secondary N) is 1. The molecular weight excluding hydrogens is 420 g/mol. The molecule has 8 nitrogen and oxygen atoms in total. The lowest BCUT2D eigenvalue weighted by atomic mass is 10.2. The molecule has 2 N–H and O–H groups in total. The van der Waals surface area contributed by atoms with Gasteiger partial charge in [-0.05, 0) is 12.0 Å². The van der Waals surface area contributed by atoms with E-state index in [9.17, 15) is 9.66 Å². The highest BCUT2D eigenvalue weighted by Gasteiger charge is 2.24. The highest BCUT2D eigenvalue weighted by atomic mass is 32.2. The minimum Gasteiger partial charge on any atom is -0.616 e. The largest absolute Gasteiger partial charge is 0.616 e. The van der Waals surface area contributed by atoms with Gasteiger partial charge in [-0.1, -0.05) is 41.5 Å². The standard InChI is InChI=1S/C20H24N6O2S2/c27-10-7-21-20-24-17-16(18(25-20)26-8-12-30(28)13-9-26)22-14-23-19(17)29-11-6-15-4-2-1-3-5-15/h1-5,14,27H,6-13H2,(H,21,24,25). The Labute approximate surface area is 182 Å². The number of benzene rings is 1. The van der Waals surface area contributed by atoms with Crippen molar-refractivity contribution < 1.29 is 9.66 Å². The molecule has 4 rings (SSSR count). The molecule has 3 heterocycles. The lowest BCUT2D eigenvalue weighted by Crippen LogP contribution is -2.41. The predicted octanol–water partition coefficient (Wildman–Crippen LogP) is 1.73. The van der Waals surface area contributed by atoms with E-state index in [1.54, 1.807) is 18.1 Å². The van der Waals surface area contributed by atoms with E-state index in [4.69, 9.17) is 0 Å². The van der Waals surface area contributed by atoms with Crippen molar-refractivity contribution in [3.8, 4) is 0 Å². The third kappa shape index (κ3) is 5.12. The van der Waals surface area contributed by atoms with Crippen molar-refractivity contribution in [1.82, 2.24) is 19.9 Å². The summed E-state index contributed by atoms with van der Waals surface area (Å²) in [7, 11) is 0. The monoisotopic (exact) mass is 444 g/mol. The fourth-order valence-corrected chi connectivity index (χ4v) is 5.23. The van der Waals surface area contributed by atoms with E-state index in [0.717, 1.165) is 23.0 Å². The molecule has 0 radical (unpaired) electrons. The SMILES string of the molecule is [O-][S+]1CCN(c2nc(NCCO)nc3c(SCCc4ccccc4)ncnc23)CC1. The number of hydrogen-bond acceptors (Lipinski definition) is 9. The summed E-state index contributed by atoms with van der Waals surface area (Å²) in [5.74, 6) is 3.28. The van der Waals surface area contributed by atoms with E-state index in [2.05, 4.69) is 42.3 Å². The van der Waals surface area contributed by atoms with Gasteiger partial charge in [-0.3, -0.25) is 0 Å². The van der Waals surface area contributed by atoms with Crippen LogP contribution in [0.15, 0.2) is 41.7 Å². The van der Waals surface area contributed by atoms with Gasteiger partial charge >= 0.3 is 0 Å². The number of rotatable bonds is 8. The van der Waals surface area contributed by atoms with Gasteiger partial charge in [0.1, 0.15) is 33.9 Å². The van der Waals surface area contributed by atoms with Gasteiger partial charge in [-0.25, -0.2) is 15.0 Å². The number of aromatic nitrogens is 4. The minimum absolute atomic E-state index is 0.0105. The summed E-state index contributed by atoms with van der Waals surface area (Å²) in [6.45, 7) is 1.68. The number of fused-ring (bicyclic) bond motifs is 1. The first-order chi connectivity index (χ1) is 14.7. The third-order valence-corrected chi connectivity index (χ3v) is 7.03. The maximum atomic E-state index is 11.8. The maximum absolute atomic E-state index is 11.8. The first-order valence-electron chi connectivity index (χ1n) is 9.88. The Morgan fingerprint density at radius 1 is 1.10 bits per heavy atom. The molecule has 0 atom stereocenters. The quantitative estimate of drug-likeness (QED) is 0.305. The minimum atomic E-state index is -0.776. The van der Waals surface area contributed by atoms with Crippen molar-refractivity contribution in [2.75, 3.05) is 53.7 Å². The Balaban J connectivity index is 1.62. The van der Waals surface area contributed by atoms with Crippen LogP contribution >= 0.6 is 11.8 Å². The summed E-state index contributed by atoms with van der Waals surface area (Å²) < 4.78 is 11.8. The summed E-state index contributed by atoms with van der Waals surface area (Å²) in [6.07, 6.45) is 2.49. The molecule has 10 heteroatoms. The number of aryl methyl sites for hydroxylation is 1. The topological polar surface area (TPSA) is 110 Å². The number of hydrogen-bond donors (Lipinski definition) is 2. The zero-order valence-corrected chi connectivity index (χ0v) is 18.2. The van der Waals surface area contributed by atoms with Crippen molar-refractivity contribution in [3.63, 3.8) is 0 Å².